The molecule has 0 radical (unpaired) electrons. The minimum atomic E-state index is -0.465. The third-order valence-electron chi connectivity index (χ3n) is 5.24. The van der Waals surface area contributed by atoms with Gasteiger partial charge >= 0.3 is 0 Å². The van der Waals surface area contributed by atoms with Gasteiger partial charge in [-0.25, -0.2) is 4.98 Å². The molecule has 1 aliphatic heterocycles. The van der Waals surface area contributed by atoms with Gasteiger partial charge in [-0.05, 0) is 43.2 Å². The van der Waals surface area contributed by atoms with Gasteiger partial charge in [0, 0.05) is 31.1 Å². The van der Waals surface area contributed by atoms with E-state index in [1.165, 1.54) is 6.08 Å². The number of methoxy groups -OCH3 is 1. The number of benzene rings is 1. The highest BCUT2D eigenvalue weighted by Gasteiger charge is 2.21. The Morgan fingerprint density at radius 1 is 1.21 bits per heavy atom. The maximum atomic E-state index is 12.8. The first-order chi connectivity index (χ1) is 15.9. The zero-order chi connectivity index (χ0) is 23.8. The lowest BCUT2D eigenvalue weighted by molar-refractivity contribution is -0.124. The van der Waals surface area contributed by atoms with E-state index in [0.29, 0.717) is 22.8 Å². The average Bonchev–Trinajstić information content (AvgIpc) is 2.83. The molecule has 10 nitrogen and oxygen atoms in total. The van der Waals surface area contributed by atoms with Crippen LogP contribution in [0.2, 0.25) is 0 Å². The number of hydrogen-bond donors (Lipinski definition) is 4. The summed E-state index contributed by atoms with van der Waals surface area (Å²) in [5, 5.41) is 9.95. The number of anilines is 2. The first-order valence-corrected chi connectivity index (χ1v) is 10.5. The summed E-state index contributed by atoms with van der Waals surface area (Å²) in [4.78, 5) is 30.1. The molecule has 2 amide bonds. The van der Waals surface area contributed by atoms with Crippen molar-refractivity contribution in [1.29, 1.82) is 5.41 Å². The van der Waals surface area contributed by atoms with Crippen molar-refractivity contribution < 1.29 is 19.1 Å². The van der Waals surface area contributed by atoms with Crippen LogP contribution in [0, 0.1) is 5.41 Å². The Bertz CT molecular complexity index is 1050. The molecule has 0 bridgehead atoms. The summed E-state index contributed by atoms with van der Waals surface area (Å²) < 4.78 is 11.0. The summed E-state index contributed by atoms with van der Waals surface area (Å²) in [7, 11) is 1.54. The van der Waals surface area contributed by atoms with Crippen molar-refractivity contribution in [3.05, 3.63) is 53.9 Å². The van der Waals surface area contributed by atoms with E-state index >= 15 is 0 Å². The molecule has 1 aliphatic rings. The summed E-state index contributed by atoms with van der Waals surface area (Å²) in [6, 6.07) is 10.5. The van der Waals surface area contributed by atoms with Crippen LogP contribution < -0.4 is 26.4 Å². The molecule has 2 aromatic rings. The van der Waals surface area contributed by atoms with Gasteiger partial charge < -0.3 is 36.6 Å². The number of amides is 2. The van der Waals surface area contributed by atoms with Crippen LogP contribution >= 0.6 is 0 Å². The lowest BCUT2D eigenvalue weighted by atomic mass is 10.1. The predicted molar refractivity (Wildman–Crippen MR) is 127 cm³/mol. The van der Waals surface area contributed by atoms with E-state index in [1.54, 1.807) is 31.4 Å². The van der Waals surface area contributed by atoms with Crippen molar-refractivity contribution in [1.82, 2.24) is 4.98 Å². The normalized spacial score (nSPS) is 14.6. The number of carbonyl (C=O) groups is 2. The number of rotatable bonds is 9. The zero-order valence-electron chi connectivity index (χ0n) is 18.4. The Morgan fingerprint density at radius 3 is 2.61 bits per heavy atom. The van der Waals surface area contributed by atoms with E-state index in [4.69, 9.17) is 26.4 Å². The molecule has 1 saturated heterocycles. The largest absolute Gasteiger partial charge is 0.494 e. The highest BCUT2D eigenvalue weighted by molar-refractivity contribution is 6.04. The third kappa shape index (κ3) is 6.30. The van der Waals surface area contributed by atoms with E-state index in [2.05, 4.69) is 15.2 Å². The summed E-state index contributed by atoms with van der Waals surface area (Å²) in [6.07, 6.45) is 4.04. The fraction of sp³-hybridized carbons (Fsp3) is 0.304. The number of aromatic nitrogens is 1. The molecule has 10 heteroatoms. The third-order valence-corrected chi connectivity index (χ3v) is 5.24. The Kier molecular flexibility index (Phi) is 7.98. The van der Waals surface area contributed by atoms with Crippen LogP contribution in [0.15, 0.2) is 42.5 Å². The van der Waals surface area contributed by atoms with Crippen LogP contribution in [0.5, 0.6) is 5.75 Å². The number of primary amides is 1. The van der Waals surface area contributed by atoms with Crippen LogP contribution in [0.3, 0.4) is 0 Å². The fourth-order valence-electron chi connectivity index (χ4n) is 3.54. The lowest BCUT2D eigenvalue weighted by Gasteiger charge is -2.33. The van der Waals surface area contributed by atoms with Gasteiger partial charge in [-0.3, -0.25) is 9.59 Å². The van der Waals surface area contributed by atoms with Crippen LogP contribution in [-0.2, 0) is 9.53 Å². The number of nitrogens with zero attached hydrogens (tertiary/aromatic N) is 2. The Morgan fingerprint density at radius 2 is 1.94 bits per heavy atom. The standard InChI is InChI=1S/C23H28N6O4/c1-32-21-13-15(29-11-8-16(9-12-29)33-14-22(26)30)5-6-19(21)28-23(31)20-4-2-3-18(27-20)17(25)7-10-24/h2-7,10,13,16,24H,8-9,11-12,14,25H2,1H3,(H2,26,30)(H,28,31)/b17-7-,24-10?. The number of nitrogens with one attached hydrogen (secondary N) is 2. The van der Waals surface area contributed by atoms with Crippen molar-refractivity contribution in [3.63, 3.8) is 0 Å². The molecule has 0 aliphatic carbocycles. The second-order valence-electron chi connectivity index (χ2n) is 7.50. The van der Waals surface area contributed by atoms with Gasteiger partial charge in [-0.2, -0.15) is 0 Å². The molecule has 33 heavy (non-hydrogen) atoms. The number of allylic oxidation sites excluding steroid dienone is 1. The van der Waals surface area contributed by atoms with Crippen LogP contribution in [-0.4, -0.2) is 55.9 Å². The number of ether oxygens (including phenoxy) is 2. The Hall–Kier alpha value is -3.92. The van der Waals surface area contributed by atoms with Gasteiger partial charge in [-0.15, -0.1) is 0 Å². The van der Waals surface area contributed by atoms with Gasteiger partial charge in [0.15, 0.2) is 0 Å². The fourth-order valence-corrected chi connectivity index (χ4v) is 3.54. The van der Waals surface area contributed by atoms with Crippen LogP contribution in [0.25, 0.3) is 5.70 Å². The Labute approximate surface area is 192 Å². The number of carbonyl (C=O) groups excluding carboxylic acids is 2. The van der Waals surface area contributed by atoms with Gasteiger partial charge in [0.05, 0.1) is 30.3 Å². The first kappa shape index (κ1) is 23.7. The minimum Gasteiger partial charge on any atom is -0.494 e. The quantitative estimate of drug-likeness (QED) is 0.422. The number of piperidine rings is 1. The molecule has 0 saturated carbocycles. The van der Waals surface area contributed by atoms with Crippen molar-refractivity contribution in [2.75, 3.05) is 37.0 Å². The molecular weight excluding hydrogens is 424 g/mol. The summed E-state index contributed by atoms with van der Waals surface area (Å²) in [5.41, 5.74) is 13.4. The Balaban J connectivity index is 1.68. The molecule has 0 atom stereocenters. The van der Waals surface area contributed by atoms with E-state index in [1.807, 2.05) is 12.1 Å². The molecule has 1 aromatic carbocycles. The van der Waals surface area contributed by atoms with Gasteiger partial charge in [0.25, 0.3) is 5.91 Å². The van der Waals surface area contributed by atoms with Crippen molar-refractivity contribution in [2.24, 2.45) is 11.5 Å². The lowest BCUT2D eigenvalue weighted by Crippen LogP contribution is -2.38. The second-order valence-corrected chi connectivity index (χ2v) is 7.50. The maximum Gasteiger partial charge on any atom is 0.274 e. The van der Waals surface area contributed by atoms with Gasteiger partial charge in [-0.1, -0.05) is 6.07 Å². The van der Waals surface area contributed by atoms with Crippen molar-refractivity contribution >= 4 is 35.1 Å². The molecule has 0 unspecified atom stereocenters. The van der Waals surface area contributed by atoms with E-state index in [9.17, 15) is 9.59 Å². The number of nitrogens with two attached hydrogens (primary N) is 2. The summed E-state index contributed by atoms with van der Waals surface area (Å²) >= 11 is 0. The molecule has 3 rings (SSSR count). The molecule has 1 aromatic heterocycles. The average molecular weight is 453 g/mol. The van der Waals surface area contributed by atoms with Crippen molar-refractivity contribution in [2.45, 2.75) is 18.9 Å². The van der Waals surface area contributed by atoms with E-state index < -0.39 is 11.8 Å². The predicted octanol–water partition coefficient (Wildman–Crippen LogP) is 1.76. The van der Waals surface area contributed by atoms with E-state index in [0.717, 1.165) is 37.8 Å². The van der Waals surface area contributed by atoms with Gasteiger partial charge in [0.2, 0.25) is 5.91 Å². The monoisotopic (exact) mass is 452 g/mol. The molecule has 174 valence electrons. The molecule has 6 N–H and O–H groups in total. The molecule has 1 fully saturated rings. The number of pyridine rings is 1. The summed E-state index contributed by atoms with van der Waals surface area (Å²) in [5.74, 6) is -0.349. The SMILES string of the molecule is COc1cc(N2CCC(OCC(N)=O)CC2)ccc1NC(=O)c1cccc(/C(N)=C/C=N)n1. The molecule has 0 spiro atoms. The number of hydrogen-bond acceptors (Lipinski definition) is 8. The molecular formula is C23H28N6O4. The second kappa shape index (κ2) is 11.1. The smallest absolute Gasteiger partial charge is 0.274 e. The maximum absolute atomic E-state index is 12.8. The zero-order valence-corrected chi connectivity index (χ0v) is 18.4. The summed E-state index contributed by atoms with van der Waals surface area (Å²) in [6.45, 7) is 1.47. The van der Waals surface area contributed by atoms with Crippen LogP contribution in [0.1, 0.15) is 29.0 Å². The highest BCUT2D eigenvalue weighted by atomic mass is 16.5. The van der Waals surface area contributed by atoms with E-state index in [-0.39, 0.29) is 18.4 Å². The highest BCUT2D eigenvalue weighted by Crippen LogP contribution is 2.31. The van der Waals surface area contributed by atoms with Gasteiger partial charge in [0.1, 0.15) is 18.1 Å². The van der Waals surface area contributed by atoms with Crippen molar-refractivity contribution in [3.8, 4) is 5.75 Å². The minimum absolute atomic E-state index is 0.0142. The van der Waals surface area contributed by atoms with Crippen LogP contribution in [0.4, 0.5) is 11.4 Å². The molecule has 2 heterocycles. The first-order valence-electron chi connectivity index (χ1n) is 10.5. The topological polar surface area (TPSA) is 157 Å².